The third kappa shape index (κ3) is 3.76. The maximum atomic E-state index is 6.49. The van der Waals surface area contributed by atoms with Crippen LogP contribution < -0.4 is 5.32 Å². The average molecular weight is 314 g/mol. The Hall–Kier alpha value is 0.210. The minimum atomic E-state index is 0.172. The van der Waals surface area contributed by atoms with Gasteiger partial charge in [-0.2, -0.15) is 0 Å². The second-order valence-corrected chi connectivity index (χ2v) is 8.29. The lowest BCUT2D eigenvalue weighted by molar-refractivity contribution is -0.0646. The fourth-order valence-electron chi connectivity index (χ4n) is 4.92. The van der Waals surface area contributed by atoms with Crippen LogP contribution in [0, 0.1) is 5.92 Å². The molecule has 3 rings (SSSR count). The number of nitrogens with one attached hydrogen (secondary N) is 1. The quantitative estimate of drug-likeness (QED) is 0.763. The lowest BCUT2D eigenvalue weighted by Crippen LogP contribution is -2.52. The molecule has 2 saturated carbocycles. The Morgan fingerprint density at radius 3 is 2.57 bits per heavy atom. The van der Waals surface area contributed by atoms with E-state index >= 15 is 0 Å². The minimum absolute atomic E-state index is 0.172. The first-order valence-corrected chi connectivity index (χ1v) is 9.68. The first-order chi connectivity index (χ1) is 10.2. The van der Waals surface area contributed by atoms with Crippen molar-refractivity contribution >= 4 is 11.6 Å². The van der Waals surface area contributed by atoms with E-state index in [0.717, 1.165) is 18.3 Å². The topological polar surface area (TPSA) is 21.3 Å². The first-order valence-electron chi connectivity index (χ1n) is 9.14. The molecule has 1 aliphatic heterocycles. The predicted octanol–water partition coefficient (Wildman–Crippen LogP) is 4.65. The molecule has 122 valence electrons. The van der Waals surface area contributed by atoms with Crippen LogP contribution >= 0.6 is 11.6 Å². The fourth-order valence-corrected chi connectivity index (χ4v) is 5.26. The van der Waals surface area contributed by atoms with Crippen LogP contribution in [0.2, 0.25) is 0 Å². The Morgan fingerprint density at radius 1 is 1.05 bits per heavy atom. The van der Waals surface area contributed by atoms with Crippen LogP contribution in [-0.4, -0.2) is 29.7 Å². The SMILES string of the molecule is CC1CCCC(CCl)(NCC2CCC3(CCCCC3)O2)C1. The van der Waals surface area contributed by atoms with Crippen LogP contribution in [-0.2, 0) is 4.74 Å². The third-order valence-electron chi connectivity index (χ3n) is 6.16. The lowest BCUT2D eigenvalue weighted by atomic mass is 9.77. The molecule has 0 radical (unpaired) electrons. The van der Waals surface area contributed by atoms with E-state index in [2.05, 4.69) is 12.2 Å². The van der Waals surface area contributed by atoms with Gasteiger partial charge in [-0.15, -0.1) is 11.6 Å². The first kappa shape index (κ1) is 16.1. The molecular formula is C18H32ClNO. The molecular weight excluding hydrogens is 282 g/mol. The zero-order chi connectivity index (χ0) is 14.8. The standard InChI is InChI=1S/C18H32ClNO/c1-15-6-5-8-17(12-15,14-19)20-13-16-7-11-18(21-16)9-3-2-4-10-18/h15-16,20H,2-14H2,1H3. The predicted molar refractivity (Wildman–Crippen MR) is 89.0 cm³/mol. The molecule has 1 spiro atoms. The van der Waals surface area contributed by atoms with Crippen LogP contribution in [0.25, 0.3) is 0 Å². The summed E-state index contributed by atoms with van der Waals surface area (Å²) < 4.78 is 6.49. The van der Waals surface area contributed by atoms with Crippen LogP contribution in [0.1, 0.15) is 77.6 Å². The van der Waals surface area contributed by atoms with Crippen molar-refractivity contribution in [1.82, 2.24) is 5.32 Å². The largest absolute Gasteiger partial charge is 0.370 e. The summed E-state index contributed by atoms with van der Waals surface area (Å²) in [6.07, 6.45) is 14.8. The highest BCUT2D eigenvalue weighted by atomic mass is 35.5. The molecule has 3 heteroatoms. The monoisotopic (exact) mass is 313 g/mol. The molecule has 0 bridgehead atoms. The number of hydrogen-bond acceptors (Lipinski definition) is 2. The highest BCUT2D eigenvalue weighted by Crippen LogP contribution is 2.42. The highest BCUT2D eigenvalue weighted by molar-refractivity contribution is 6.18. The summed E-state index contributed by atoms with van der Waals surface area (Å²) in [5, 5.41) is 3.82. The van der Waals surface area contributed by atoms with E-state index in [9.17, 15) is 0 Å². The second kappa shape index (κ2) is 6.76. The summed E-state index contributed by atoms with van der Waals surface area (Å²) in [5.74, 6) is 1.55. The molecule has 3 aliphatic rings. The molecule has 0 aromatic rings. The van der Waals surface area contributed by atoms with Crippen molar-refractivity contribution in [2.75, 3.05) is 12.4 Å². The Kier molecular flexibility index (Phi) is 5.18. The molecule has 3 unspecified atom stereocenters. The molecule has 0 aromatic heterocycles. The summed E-state index contributed by atoms with van der Waals surface area (Å²) in [6.45, 7) is 3.37. The normalized spacial score (nSPS) is 39.7. The van der Waals surface area contributed by atoms with Crippen molar-refractivity contribution in [3.63, 3.8) is 0 Å². The van der Waals surface area contributed by atoms with E-state index < -0.39 is 0 Å². The van der Waals surface area contributed by atoms with Gasteiger partial charge in [0.1, 0.15) is 0 Å². The molecule has 1 saturated heterocycles. The van der Waals surface area contributed by atoms with E-state index in [1.54, 1.807) is 0 Å². The fraction of sp³-hybridized carbons (Fsp3) is 1.00. The Morgan fingerprint density at radius 2 is 1.86 bits per heavy atom. The number of alkyl halides is 1. The number of halogens is 1. The molecule has 21 heavy (non-hydrogen) atoms. The van der Waals surface area contributed by atoms with Gasteiger partial charge in [0.2, 0.25) is 0 Å². The van der Waals surface area contributed by atoms with Gasteiger partial charge < -0.3 is 10.1 Å². The minimum Gasteiger partial charge on any atom is -0.370 e. The van der Waals surface area contributed by atoms with Crippen LogP contribution in [0.5, 0.6) is 0 Å². The van der Waals surface area contributed by atoms with E-state index in [0.29, 0.717) is 6.10 Å². The van der Waals surface area contributed by atoms with E-state index in [1.165, 1.54) is 70.6 Å². The van der Waals surface area contributed by atoms with Gasteiger partial charge in [-0.05, 0) is 44.4 Å². The van der Waals surface area contributed by atoms with Crippen molar-refractivity contribution in [2.24, 2.45) is 5.92 Å². The second-order valence-electron chi connectivity index (χ2n) is 8.02. The Balaban J connectivity index is 1.50. The number of hydrogen-bond donors (Lipinski definition) is 1. The van der Waals surface area contributed by atoms with Crippen molar-refractivity contribution in [3.8, 4) is 0 Å². The highest BCUT2D eigenvalue weighted by Gasteiger charge is 2.42. The molecule has 1 N–H and O–H groups in total. The third-order valence-corrected chi connectivity index (χ3v) is 6.67. The lowest BCUT2D eigenvalue weighted by Gasteiger charge is -2.40. The van der Waals surface area contributed by atoms with Gasteiger partial charge in [-0.25, -0.2) is 0 Å². The van der Waals surface area contributed by atoms with Crippen LogP contribution in [0.15, 0.2) is 0 Å². The van der Waals surface area contributed by atoms with E-state index in [4.69, 9.17) is 16.3 Å². The van der Waals surface area contributed by atoms with Gasteiger partial charge in [-0.3, -0.25) is 0 Å². The van der Waals surface area contributed by atoms with Crippen molar-refractivity contribution < 1.29 is 4.74 Å². The number of rotatable bonds is 4. The Labute approximate surface area is 135 Å². The van der Waals surface area contributed by atoms with Crippen molar-refractivity contribution in [2.45, 2.75) is 94.8 Å². The summed E-state index contributed by atoms with van der Waals surface area (Å²) in [6, 6.07) is 0. The maximum absolute atomic E-state index is 6.49. The molecule has 3 fully saturated rings. The molecule has 3 atom stereocenters. The van der Waals surface area contributed by atoms with Gasteiger partial charge in [0.05, 0.1) is 11.7 Å². The van der Waals surface area contributed by atoms with Gasteiger partial charge in [0.15, 0.2) is 0 Å². The van der Waals surface area contributed by atoms with E-state index in [-0.39, 0.29) is 11.1 Å². The van der Waals surface area contributed by atoms with Gasteiger partial charge in [-0.1, -0.05) is 39.0 Å². The molecule has 1 heterocycles. The van der Waals surface area contributed by atoms with Crippen LogP contribution in [0.3, 0.4) is 0 Å². The summed E-state index contributed by atoms with van der Waals surface area (Å²) >= 11 is 6.33. The van der Waals surface area contributed by atoms with E-state index in [1.807, 2.05) is 0 Å². The van der Waals surface area contributed by atoms with Crippen molar-refractivity contribution in [1.29, 1.82) is 0 Å². The van der Waals surface area contributed by atoms with Crippen molar-refractivity contribution in [3.05, 3.63) is 0 Å². The molecule has 0 aromatic carbocycles. The summed E-state index contributed by atoms with van der Waals surface area (Å²) in [7, 11) is 0. The molecule has 0 amide bonds. The van der Waals surface area contributed by atoms with Crippen LogP contribution in [0.4, 0.5) is 0 Å². The number of ether oxygens (including phenoxy) is 1. The zero-order valence-electron chi connectivity index (χ0n) is 13.6. The summed E-state index contributed by atoms with van der Waals surface area (Å²) in [5.41, 5.74) is 0.420. The zero-order valence-corrected chi connectivity index (χ0v) is 14.4. The molecule has 2 aliphatic carbocycles. The maximum Gasteiger partial charge on any atom is 0.0708 e. The summed E-state index contributed by atoms with van der Waals surface area (Å²) in [4.78, 5) is 0. The van der Waals surface area contributed by atoms with Gasteiger partial charge in [0, 0.05) is 18.0 Å². The smallest absolute Gasteiger partial charge is 0.0708 e. The Bertz CT molecular complexity index is 342. The average Bonchev–Trinajstić information content (AvgIpc) is 2.89. The van der Waals surface area contributed by atoms with Gasteiger partial charge >= 0.3 is 0 Å². The van der Waals surface area contributed by atoms with Gasteiger partial charge in [0.25, 0.3) is 0 Å². The molecule has 2 nitrogen and oxygen atoms in total.